The maximum absolute atomic E-state index is 12.7. The molecule has 2 heterocycles. The number of amides is 2. The number of hydrogen-bond acceptors (Lipinski definition) is 5. The second-order valence-electron chi connectivity index (χ2n) is 6.10. The highest BCUT2D eigenvalue weighted by Gasteiger charge is 2.37. The molecule has 1 aromatic rings. The second kappa shape index (κ2) is 7.04. The standard InChI is InChI=1S/C16H22N4O3/c1-11-9-18-14(10-17-11)15(21)19-13-4-2-3-12(13)16(22)20-5-7-23-8-6-20/h9-10,12-13H,2-8H2,1H3,(H,19,21)/t12-,13+/m0/s1. The molecule has 1 aliphatic heterocycles. The van der Waals surface area contributed by atoms with E-state index in [0.717, 1.165) is 25.0 Å². The van der Waals surface area contributed by atoms with Gasteiger partial charge in [-0.2, -0.15) is 0 Å². The van der Waals surface area contributed by atoms with Crippen molar-refractivity contribution in [3.05, 3.63) is 23.8 Å². The van der Waals surface area contributed by atoms with E-state index in [4.69, 9.17) is 4.74 Å². The molecule has 0 bridgehead atoms. The number of hydrogen-bond donors (Lipinski definition) is 1. The van der Waals surface area contributed by atoms with Crippen molar-refractivity contribution < 1.29 is 14.3 Å². The lowest BCUT2D eigenvalue weighted by Crippen LogP contribution is -2.49. The quantitative estimate of drug-likeness (QED) is 0.879. The molecule has 2 atom stereocenters. The summed E-state index contributed by atoms with van der Waals surface area (Å²) in [5.41, 5.74) is 1.06. The Morgan fingerprint density at radius 3 is 2.70 bits per heavy atom. The lowest BCUT2D eigenvalue weighted by molar-refractivity contribution is -0.140. The van der Waals surface area contributed by atoms with Gasteiger partial charge < -0.3 is 15.0 Å². The highest BCUT2D eigenvalue weighted by atomic mass is 16.5. The van der Waals surface area contributed by atoms with Crippen molar-refractivity contribution >= 4 is 11.8 Å². The first-order valence-electron chi connectivity index (χ1n) is 8.11. The molecule has 2 fully saturated rings. The van der Waals surface area contributed by atoms with Crippen LogP contribution < -0.4 is 5.32 Å². The number of morpholine rings is 1. The molecule has 7 heteroatoms. The summed E-state index contributed by atoms with van der Waals surface area (Å²) in [6.45, 7) is 4.28. The fourth-order valence-corrected chi connectivity index (χ4v) is 3.20. The summed E-state index contributed by atoms with van der Waals surface area (Å²) < 4.78 is 5.29. The number of nitrogens with zero attached hydrogens (tertiary/aromatic N) is 3. The highest BCUT2D eigenvalue weighted by Crippen LogP contribution is 2.28. The maximum atomic E-state index is 12.7. The fraction of sp³-hybridized carbons (Fsp3) is 0.625. The van der Waals surface area contributed by atoms with Crippen molar-refractivity contribution in [2.24, 2.45) is 5.92 Å². The lowest BCUT2D eigenvalue weighted by Gasteiger charge is -2.31. The SMILES string of the molecule is Cc1cnc(C(=O)N[C@@H]2CCC[C@@H]2C(=O)N2CCOCC2)cn1. The Morgan fingerprint density at radius 1 is 1.22 bits per heavy atom. The van der Waals surface area contributed by atoms with E-state index in [9.17, 15) is 9.59 Å². The third-order valence-electron chi connectivity index (χ3n) is 4.49. The van der Waals surface area contributed by atoms with E-state index in [-0.39, 0.29) is 23.8 Å². The predicted molar refractivity (Wildman–Crippen MR) is 82.8 cm³/mol. The highest BCUT2D eigenvalue weighted by molar-refractivity contribution is 5.92. The van der Waals surface area contributed by atoms with Gasteiger partial charge in [-0.1, -0.05) is 6.42 Å². The first-order valence-corrected chi connectivity index (χ1v) is 8.11. The van der Waals surface area contributed by atoms with Crippen molar-refractivity contribution in [3.8, 4) is 0 Å². The summed E-state index contributed by atoms with van der Waals surface area (Å²) in [4.78, 5) is 35.0. The average molecular weight is 318 g/mol. The Kier molecular flexibility index (Phi) is 4.85. The molecule has 23 heavy (non-hydrogen) atoms. The van der Waals surface area contributed by atoms with Crippen molar-refractivity contribution in [1.29, 1.82) is 0 Å². The number of carbonyl (C=O) groups excluding carboxylic acids is 2. The zero-order valence-corrected chi connectivity index (χ0v) is 13.3. The molecule has 1 saturated carbocycles. The van der Waals surface area contributed by atoms with Gasteiger partial charge in [-0.05, 0) is 19.8 Å². The lowest BCUT2D eigenvalue weighted by atomic mass is 10.0. The van der Waals surface area contributed by atoms with Gasteiger partial charge in [0.15, 0.2) is 0 Å². The molecule has 1 aliphatic carbocycles. The Morgan fingerprint density at radius 2 is 2.00 bits per heavy atom. The number of rotatable bonds is 3. The Bertz CT molecular complexity index is 569. The van der Waals surface area contributed by atoms with E-state index in [1.165, 1.54) is 6.20 Å². The van der Waals surface area contributed by atoms with Crippen LogP contribution in [0.3, 0.4) is 0 Å². The van der Waals surface area contributed by atoms with Gasteiger partial charge in [0, 0.05) is 25.3 Å². The minimum atomic E-state index is -0.260. The van der Waals surface area contributed by atoms with Gasteiger partial charge in [-0.15, -0.1) is 0 Å². The summed E-state index contributed by atoms with van der Waals surface area (Å²) in [6.07, 6.45) is 5.64. The van der Waals surface area contributed by atoms with Gasteiger partial charge in [0.1, 0.15) is 5.69 Å². The van der Waals surface area contributed by atoms with Crippen molar-refractivity contribution in [2.45, 2.75) is 32.2 Å². The summed E-state index contributed by atoms with van der Waals surface area (Å²) >= 11 is 0. The third kappa shape index (κ3) is 3.67. The van der Waals surface area contributed by atoms with Crippen LogP contribution in [0.5, 0.6) is 0 Å². The van der Waals surface area contributed by atoms with Gasteiger partial charge in [0.25, 0.3) is 5.91 Å². The average Bonchev–Trinajstić information content (AvgIpc) is 3.03. The monoisotopic (exact) mass is 318 g/mol. The maximum Gasteiger partial charge on any atom is 0.271 e. The van der Waals surface area contributed by atoms with Crippen LogP contribution in [0.15, 0.2) is 12.4 Å². The number of carbonyl (C=O) groups is 2. The Hall–Kier alpha value is -2.02. The topological polar surface area (TPSA) is 84.4 Å². The van der Waals surface area contributed by atoms with Crippen LogP contribution in [-0.2, 0) is 9.53 Å². The number of nitrogens with one attached hydrogen (secondary N) is 1. The summed E-state index contributed by atoms with van der Waals surface area (Å²) in [7, 11) is 0. The number of aryl methyl sites for hydroxylation is 1. The normalized spacial score (nSPS) is 24.5. The molecule has 0 radical (unpaired) electrons. The van der Waals surface area contributed by atoms with Crippen LogP contribution in [0.4, 0.5) is 0 Å². The van der Waals surface area contributed by atoms with E-state index in [1.807, 2.05) is 11.8 Å². The van der Waals surface area contributed by atoms with Crippen molar-refractivity contribution in [1.82, 2.24) is 20.2 Å². The first-order chi connectivity index (χ1) is 11.1. The van der Waals surface area contributed by atoms with Gasteiger partial charge >= 0.3 is 0 Å². The van der Waals surface area contributed by atoms with Crippen LogP contribution in [-0.4, -0.2) is 59.0 Å². The molecular formula is C16H22N4O3. The van der Waals surface area contributed by atoms with E-state index < -0.39 is 0 Å². The van der Waals surface area contributed by atoms with Crippen LogP contribution in [0.2, 0.25) is 0 Å². The van der Waals surface area contributed by atoms with Gasteiger partial charge in [0.05, 0.1) is 31.0 Å². The Balaban J connectivity index is 1.63. The van der Waals surface area contributed by atoms with Gasteiger partial charge in [-0.25, -0.2) is 4.98 Å². The molecule has 1 N–H and O–H groups in total. The largest absolute Gasteiger partial charge is 0.378 e. The third-order valence-corrected chi connectivity index (χ3v) is 4.49. The molecule has 2 aliphatic rings. The number of aromatic nitrogens is 2. The molecule has 0 spiro atoms. The van der Waals surface area contributed by atoms with Gasteiger partial charge in [-0.3, -0.25) is 14.6 Å². The predicted octanol–water partition coefficient (Wildman–Crippen LogP) is 0.542. The van der Waals surface area contributed by atoms with E-state index >= 15 is 0 Å². The minimum absolute atomic E-state index is 0.124. The van der Waals surface area contributed by atoms with Crippen molar-refractivity contribution in [2.75, 3.05) is 26.3 Å². The van der Waals surface area contributed by atoms with Gasteiger partial charge in [0.2, 0.25) is 5.91 Å². The number of ether oxygens (including phenoxy) is 1. The molecule has 0 unspecified atom stereocenters. The summed E-state index contributed by atoms with van der Waals surface area (Å²) in [5.74, 6) is -0.272. The van der Waals surface area contributed by atoms with Crippen LogP contribution in [0.25, 0.3) is 0 Å². The molecule has 7 nitrogen and oxygen atoms in total. The molecule has 2 amide bonds. The minimum Gasteiger partial charge on any atom is -0.378 e. The molecule has 1 aromatic heterocycles. The zero-order valence-electron chi connectivity index (χ0n) is 13.3. The molecule has 3 rings (SSSR count). The Labute approximate surface area is 135 Å². The van der Waals surface area contributed by atoms with Crippen LogP contribution >= 0.6 is 0 Å². The summed E-state index contributed by atoms with van der Waals surface area (Å²) in [5, 5.41) is 2.96. The van der Waals surface area contributed by atoms with E-state index in [2.05, 4.69) is 15.3 Å². The fourth-order valence-electron chi connectivity index (χ4n) is 3.20. The molecular weight excluding hydrogens is 296 g/mol. The second-order valence-corrected chi connectivity index (χ2v) is 6.10. The van der Waals surface area contributed by atoms with E-state index in [0.29, 0.717) is 32.0 Å². The molecule has 0 aromatic carbocycles. The molecule has 1 saturated heterocycles. The zero-order chi connectivity index (χ0) is 16.2. The van der Waals surface area contributed by atoms with E-state index in [1.54, 1.807) is 6.20 Å². The smallest absolute Gasteiger partial charge is 0.271 e. The molecule has 124 valence electrons. The van der Waals surface area contributed by atoms with Crippen LogP contribution in [0, 0.1) is 12.8 Å². The first kappa shape index (κ1) is 15.9. The summed E-state index contributed by atoms with van der Waals surface area (Å²) in [6, 6.07) is -0.124. The van der Waals surface area contributed by atoms with Crippen LogP contribution in [0.1, 0.15) is 35.4 Å². The van der Waals surface area contributed by atoms with Crippen molar-refractivity contribution in [3.63, 3.8) is 0 Å².